The van der Waals surface area contributed by atoms with Gasteiger partial charge in [-0.1, -0.05) is 67.6 Å². The fraction of sp³-hybridized carbons (Fsp3) is 0.357. The van der Waals surface area contributed by atoms with Crippen LogP contribution >= 0.6 is 0 Å². The number of pyridine rings is 1. The fourth-order valence-electron chi connectivity index (χ4n) is 4.22. The van der Waals surface area contributed by atoms with Crippen LogP contribution in [0, 0.1) is 0 Å². The van der Waals surface area contributed by atoms with Crippen LogP contribution in [0.2, 0.25) is 0 Å². The van der Waals surface area contributed by atoms with E-state index in [0.717, 1.165) is 44.5 Å². The number of carbonyl (C=O) groups is 1. The van der Waals surface area contributed by atoms with E-state index in [1.807, 2.05) is 31.3 Å². The highest BCUT2D eigenvalue weighted by Gasteiger charge is 2.25. The maximum absolute atomic E-state index is 12.1. The second kappa shape index (κ2) is 11.7. The first-order valence-electron chi connectivity index (χ1n) is 11.8. The minimum atomic E-state index is -0.300. The van der Waals surface area contributed by atoms with Crippen molar-refractivity contribution in [3.05, 3.63) is 101 Å². The average Bonchev–Trinajstić information content (AvgIpc) is 2.88. The van der Waals surface area contributed by atoms with Gasteiger partial charge in [-0.3, -0.25) is 9.88 Å². The lowest BCUT2D eigenvalue weighted by Crippen LogP contribution is -2.37. The number of nitrogens with zero attached hydrogens (tertiary/aromatic N) is 2. The monoisotopic (exact) mass is 444 g/mol. The van der Waals surface area contributed by atoms with Crippen LogP contribution < -0.4 is 0 Å². The SMILES string of the molecule is CCCOC(=O)c1cncc(CN2CCC(OC(c3ccccc3)c3ccccc3)CC2)c1. The van der Waals surface area contributed by atoms with Crippen LogP contribution in [0.25, 0.3) is 0 Å². The number of piperidine rings is 1. The van der Waals surface area contributed by atoms with E-state index in [1.54, 1.807) is 6.20 Å². The highest BCUT2D eigenvalue weighted by molar-refractivity contribution is 5.89. The quantitative estimate of drug-likeness (QED) is 0.413. The number of ether oxygens (including phenoxy) is 2. The summed E-state index contributed by atoms with van der Waals surface area (Å²) in [4.78, 5) is 18.8. The van der Waals surface area contributed by atoms with Crippen molar-refractivity contribution in [2.75, 3.05) is 19.7 Å². The summed E-state index contributed by atoms with van der Waals surface area (Å²) in [6.07, 6.45) is 6.32. The molecule has 1 aliphatic rings. The zero-order chi connectivity index (χ0) is 22.9. The Morgan fingerprint density at radius 1 is 1.00 bits per heavy atom. The predicted octanol–water partition coefficient (Wildman–Crippen LogP) is 5.42. The van der Waals surface area contributed by atoms with Crippen molar-refractivity contribution >= 4 is 5.97 Å². The molecule has 0 spiro atoms. The lowest BCUT2D eigenvalue weighted by Gasteiger charge is -2.34. The van der Waals surface area contributed by atoms with E-state index >= 15 is 0 Å². The van der Waals surface area contributed by atoms with Crippen LogP contribution in [0.5, 0.6) is 0 Å². The minimum Gasteiger partial charge on any atom is -0.462 e. The maximum Gasteiger partial charge on any atom is 0.339 e. The van der Waals surface area contributed by atoms with E-state index in [4.69, 9.17) is 9.47 Å². The molecule has 2 aromatic carbocycles. The Labute approximate surface area is 196 Å². The Bertz CT molecular complexity index is 962. The number of hydrogen-bond acceptors (Lipinski definition) is 5. The molecule has 5 heteroatoms. The molecule has 5 nitrogen and oxygen atoms in total. The van der Waals surface area contributed by atoms with E-state index in [0.29, 0.717) is 12.2 Å². The largest absolute Gasteiger partial charge is 0.462 e. The normalized spacial score (nSPS) is 15.0. The van der Waals surface area contributed by atoms with Gasteiger partial charge in [0.2, 0.25) is 0 Å². The van der Waals surface area contributed by atoms with E-state index in [2.05, 4.69) is 58.4 Å². The summed E-state index contributed by atoms with van der Waals surface area (Å²) >= 11 is 0. The van der Waals surface area contributed by atoms with Gasteiger partial charge in [0.05, 0.1) is 18.3 Å². The first-order chi connectivity index (χ1) is 16.2. The van der Waals surface area contributed by atoms with Crippen LogP contribution in [0.4, 0.5) is 0 Å². The summed E-state index contributed by atoms with van der Waals surface area (Å²) in [6.45, 7) is 5.09. The molecule has 1 fully saturated rings. The molecule has 1 aromatic heterocycles. The van der Waals surface area contributed by atoms with Crippen molar-refractivity contribution in [2.24, 2.45) is 0 Å². The molecule has 0 bridgehead atoms. The zero-order valence-electron chi connectivity index (χ0n) is 19.2. The number of hydrogen-bond donors (Lipinski definition) is 0. The first kappa shape index (κ1) is 23.1. The van der Waals surface area contributed by atoms with Gasteiger partial charge in [0.1, 0.15) is 6.10 Å². The van der Waals surface area contributed by atoms with Gasteiger partial charge in [-0.15, -0.1) is 0 Å². The van der Waals surface area contributed by atoms with Gasteiger partial charge in [-0.25, -0.2) is 4.79 Å². The van der Waals surface area contributed by atoms with Gasteiger partial charge < -0.3 is 9.47 Å². The summed E-state index contributed by atoms with van der Waals surface area (Å²) < 4.78 is 11.9. The summed E-state index contributed by atoms with van der Waals surface area (Å²) in [5.41, 5.74) is 3.92. The van der Waals surface area contributed by atoms with Gasteiger partial charge in [-0.05, 0) is 42.0 Å². The molecule has 33 heavy (non-hydrogen) atoms. The molecule has 4 rings (SSSR count). The van der Waals surface area contributed by atoms with Gasteiger partial charge >= 0.3 is 5.97 Å². The Morgan fingerprint density at radius 3 is 2.24 bits per heavy atom. The number of rotatable bonds is 9. The van der Waals surface area contributed by atoms with Gasteiger partial charge in [0.15, 0.2) is 0 Å². The van der Waals surface area contributed by atoms with E-state index in [-0.39, 0.29) is 18.2 Å². The Balaban J connectivity index is 1.34. The number of likely N-dealkylation sites (tertiary alicyclic amines) is 1. The summed E-state index contributed by atoms with van der Waals surface area (Å²) in [7, 11) is 0. The molecule has 1 saturated heterocycles. The number of aromatic nitrogens is 1. The van der Waals surface area contributed by atoms with Crippen molar-refractivity contribution in [3.8, 4) is 0 Å². The van der Waals surface area contributed by atoms with Crippen molar-refractivity contribution in [1.29, 1.82) is 0 Å². The molecule has 0 unspecified atom stereocenters. The number of esters is 1. The van der Waals surface area contributed by atoms with Crippen molar-refractivity contribution in [1.82, 2.24) is 9.88 Å². The molecule has 0 N–H and O–H groups in total. The van der Waals surface area contributed by atoms with Crippen LogP contribution in [-0.4, -0.2) is 41.7 Å². The molecule has 0 radical (unpaired) electrons. The Morgan fingerprint density at radius 2 is 1.64 bits per heavy atom. The average molecular weight is 445 g/mol. The van der Waals surface area contributed by atoms with Crippen molar-refractivity contribution < 1.29 is 14.3 Å². The smallest absolute Gasteiger partial charge is 0.339 e. The van der Waals surface area contributed by atoms with Crippen LogP contribution in [0.3, 0.4) is 0 Å². The lowest BCUT2D eigenvalue weighted by molar-refractivity contribution is -0.0281. The van der Waals surface area contributed by atoms with E-state index in [9.17, 15) is 4.79 Å². The third-order valence-corrected chi connectivity index (χ3v) is 5.94. The molecule has 172 valence electrons. The molecular formula is C28H32N2O3. The highest BCUT2D eigenvalue weighted by atomic mass is 16.5. The second-order valence-electron chi connectivity index (χ2n) is 8.53. The standard InChI is InChI=1S/C28H32N2O3/c1-2-17-32-28(31)25-18-22(19-29-20-25)21-30-15-13-26(14-16-30)33-27(23-9-5-3-6-10-23)24-11-7-4-8-12-24/h3-12,18-20,26-27H,2,13-17,21H2,1H3. The van der Waals surface area contributed by atoms with Gasteiger partial charge in [0, 0.05) is 32.0 Å². The Kier molecular flexibility index (Phi) is 8.23. The van der Waals surface area contributed by atoms with Crippen LogP contribution in [-0.2, 0) is 16.0 Å². The number of benzene rings is 2. The molecular weight excluding hydrogens is 412 g/mol. The fourth-order valence-corrected chi connectivity index (χ4v) is 4.22. The van der Waals surface area contributed by atoms with Crippen molar-refractivity contribution in [3.63, 3.8) is 0 Å². The number of carbonyl (C=O) groups excluding carboxylic acids is 1. The zero-order valence-corrected chi connectivity index (χ0v) is 19.2. The maximum atomic E-state index is 12.1. The third-order valence-electron chi connectivity index (χ3n) is 5.94. The lowest BCUT2D eigenvalue weighted by atomic mass is 10.00. The second-order valence-corrected chi connectivity index (χ2v) is 8.53. The molecule has 0 saturated carbocycles. The first-order valence-corrected chi connectivity index (χ1v) is 11.8. The van der Waals surface area contributed by atoms with Gasteiger partial charge in [-0.2, -0.15) is 0 Å². The predicted molar refractivity (Wildman–Crippen MR) is 129 cm³/mol. The summed E-state index contributed by atoms with van der Waals surface area (Å²) in [5, 5.41) is 0. The summed E-state index contributed by atoms with van der Waals surface area (Å²) in [5.74, 6) is -0.300. The molecule has 0 aliphatic carbocycles. The topological polar surface area (TPSA) is 51.7 Å². The Hall–Kier alpha value is -3.02. The molecule has 0 atom stereocenters. The van der Waals surface area contributed by atoms with E-state index in [1.165, 1.54) is 11.1 Å². The highest BCUT2D eigenvalue weighted by Crippen LogP contribution is 2.30. The third kappa shape index (κ3) is 6.50. The minimum absolute atomic E-state index is 0.0565. The molecule has 3 aromatic rings. The van der Waals surface area contributed by atoms with Crippen LogP contribution in [0.15, 0.2) is 79.1 Å². The molecule has 1 aliphatic heterocycles. The summed E-state index contributed by atoms with van der Waals surface area (Å²) in [6, 6.07) is 22.8. The molecule has 0 amide bonds. The van der Waals surface area contributed by atoms with Gasteiger partial charge in [0.25, 0.3) is 0 Å². The van der Waals surface area contributed by atoms with Crippen LogP contribution in [0.1, 0.15) is 59.3 Å². The van der Waals surface area contributed by atoms with Crippen molar-refractivity contribution in [2.45, 2.75) is 44.9 Å². The van der Waals surface area contributed by atoms with E-state index < -0.39 is 0 Å². The molecule has 2 heterocycles.